The predicted molar refractivity (Wildman–Crippen MR) is 150 cm³/mol. The number of nitrogens with one attached hydrogen (secondary N) is 3. The summed E-state index contributed by atoms with van der Waals surface area (Å²) in [5, 5.41) is 25.6. The molecule has 0 unspecified atom stereocenters. The second kappa shape index (κ2) is 10.4. The van der Waals surface area contributed by atoms with Gasteiger partial charge in [0.2, 0.25) is 0 Å². The van der Waals surface area contributed by atoms with Crippen LogP contribution in [0, 0.1) is 0 Å². The van der Waals surface area contributed by atoms with Gasteiger partial charge in [0, 0.05) is 56.1 Å². The van der Waals surface area contributed by atoms with Gasteiger partial charge in [-0.05, 0) is 25.1 Å². The summed E-state index contributed by atoms with van der Waals surface area (Å²) in [6.45, 7) is 2.20. The Balaban J connectivity index is 1.34. The number of hydrogen-bond acceptors (Lipinski definition) is 12. The monoisotopic (exact) mass is 545 g/mol. The number of carbonyl (C=O) groups is 1. The summed E-state index contributed by atoms with van der Waals surface area (Å²) in [6.07, 6.45) is 3.38. The lowest BCUT2D eigenvalue weighted by Gasteiger charge is -2.33. The van der Waals surface area contributed by atoms with E-state index in [1.54, 1.807) is 25.5 Å². The number of anilines is 6. The van der Waals surface area contributed by atoms with Gasteiger partial charge in [0.1, 0.15) is 17.2 Å². The molecule has 0 aromatic carbocycles. The summed E-state index contributed by atoms with van der Waals surface area (Å²) in [7, 11) is 3.68. The van der Waals surface area contributed by atoms with E-state index in [2.05, 4.69) is 45.9 Å². The van der Waals surface area contributed by atoms with Crippen molar-refractivity contribution in [3.8, 4) is 11.3 Å². The molecule has 3 N–H and O–H groups in total. The molecular formula is C26H30N12O2. The quantitative estimate of drug-likeness (QED) is 0.326. The number of amides is 1. The number of ether oxygens (including phenoxy) is 1. The standard InChI is InChI=1S/C26H30N12O2/c1-15-21-22(35-37(4)34-21)17-7-8-28-25(24(17)36(15)3)30-18-13-20(32-33-23(18)26(39)27-2)31-19-6-5-16(14-29-19)38-9-11-40-12-10-38/h5-8,13-15H,9-12H2,1-4H3,(H,27,39)(H2,28,29,30,31,32)/t15-/m1/s1/i2D3. The summed E-state index contributed by atoms with van der Waals surface area (Å²) in [6, 6.07) is 7.06. The van der Waals surface area contributed by atoms with Crippen molar-refractivity contribution in [2.75, 3.05) is 60.8 Å². The van der Waals surface area contributed by atoms with Gasteiger partial charge in [0.25, 0.3) is 5.91 Å². The molecule has 0 spiro atoms. The lowest BCUT2D eigenvalue weighted by molar-refractivity contribution is 0.0958. The highest BCUT2D eigenvalue weighted by molar-refractivity contribution is 5.99. The number of rotatable bonds is 6. The van der Waals surface area contributed by atoms with Crippen molar-refractivity contribution in [1.29, 1.82) is 0 Å². The summed E-state index contributed by atoms with van der Waals surface area (Å²) in [4.78, 5) is 27.8. The van der Waals surface area contributed by atoms with Crippen LogP contribution in [0.3, 0.4) is 0 Å². The third-order valence-corrected chi connectivity index (χ3v) is 7.00. The maximum atomic E-state index is 13.0. The number of carbonyl (C=O) groups excluding carboxylic acids is 1. The first kappa shape index (κ1) is 22.0. The van der Waals surface area contributed by atoms with Crippen molar-refractivity contribution in [2.24, 2.45) is 7.05 Å². The molecule has 6 rings (SSSR count). The van der Waals surface area contributed by atoms with Crippen LogP contribution in [0.2, 0.25) is 0 Å². The molecule has 0 radical (unpaired) electrons. The SMILES string of the molecule is [2H]C([2H])([2H])NC(=O)c1nnc(Nc2ccc(N3CCOCC3)cn2)cc1Nc1nccc2c1N(C)[C@H](C)c1nn(C)nc1-2. The van der Waals surface area contributed by atoms with Crippen molar-refractivity contribution >= 4 is 40.4 Å². The summed E-state index contributed by atoms with van der Waals surface area (Å²) in [5.41, 5.74) is 4.05. The van der Waals surface area contributed by atoms with Gasteiger partial charge in [0.05, 0.1) is 42.5 Å². The zero-order valence-electron chi connectivity index (χ0n) is 25.2. The van der Waals surface area contributed by atoms with E-state index in [1.807, 2.05) is 42.4 Å². The Morgan fingerprint density at radius 2 is 1.93 bits per heavy atom. The number of hydrogen-bond donors (Lipinski definition) is 3. The third-order valence-electron chi connectivity index (χ3n) is 7.00. The number of aryl methyl sites for hydroxylation is 1. The maximum absolute atomic E-state index is 13.0. The van der Waals surface area contributed by atoms with E-state index in [-0.39, 0.29) is 23.2 Å². The van der Waals surface area contributed by atoms with E-state index >= 15 is 0 Å². The lowest BCUT2D eigenvalue weighted by atomic mass is 9.99. The summed E-state index contributed by atoms with van der Waals surface area (Å²) < 4.78 is 27.9. The average Bonchev–Trinajstić information content (AvgIpc) is 3.38. The number of aromatic nitrogens is 7. The number of pyridine rings is 2. The fraction of sp³-hybridized carbons (Fsp3) is 0.346. The largest absolute Gasteiger partial charge is 0.378 e. The van der Waals surface area contributed by atoms with Crippen LogP contribution in [0.25, 0.3) is 11.3 Å². The van der Waals surface area contributed by atoms with Gasteiger partial charge in [-0.3, -0.25) is 4.79 Å². The Labute approximate surface area is 235 Å². The molecule has 4 aromatic heterocycles. The van der Waals surface area contributed by atoms with Crippen molar-refractivity contribution < 1.29 is 13.6 Å². The number of nitrogens with zero attached hydrogens (tertiary/aromatic N) is 9. The highest BCUT2D eigenvalue weighted by Crippen LogP contribution is 2.45. The van der Waals surface area contributed by atoms with Crippen molar-refractivity contribution in [3.63, 3.8) is 0 Å². The first-order valence-corrected chi connectivity index (χ1v) is 12.7. The van der Waals surface area contributed by atoms with Gasteiger partial charge in [-0.1, -0.05) is 0 Å². The second-order valence-electron chi connectivity index (χ2n) is 9.46. The summed E-state index contributed by atoms with van der Waals surface area (Å²) in [5.74, 6) is 0.286. The van der Waals surface area contributed by atoms with E-state index in [0.717, 1.165) is 41.4 Å². The van der Waals surface area contributed by atoms with Gasteiger partial charge in [0.15, 0.2) is 17.3 Å². The molecule has 0 aliphatic carbocycles. The molecule has 14 nitrogen and oxygen atoms in total. The molecule has 6 heterocycles. The Hall–Kier alpha value is -4.85. The van der Waals surface area contributed by atoms with Crippen LogP contribution in [0.5, 0.6) is 0 Å². The first-order valence-electron chi connectivity index (χ1n) is 14.2. The molecule has 40 heavy (non-hydrogen) atoms. The Bertz CT molecular complexity index is 1650. The van der Waals surface area contributed by atoms with Gasteiger partial charge >= 0.3 is 0 Å². The van der Waals surface area contributed by atoms with Crippen molar-refractivity contribution in [2.45, 2.75) is 13.0 Å². The van der Waals surface area contributed by atoms with Crippen LogP contribution in [-0.4, -0.2) is 81.4 Å². The zero-order chi connectivity index (χ0) is 30.3. The van der Waals surface area contributed by atoms with Gasteiger partial charge in [-0.15, -0.1) is 10.2 Å². The molecule has 14 heteroatoms. The number of morpholine rings is 1. The van der Waals surface area contributed by atoms with Gasteiger partial charge in [-0.2, -0.15) is 15.0 Å². The maximum Gasteiger partial charge on any atom is 0.273 e. The van der Waals surface area contributed by atoms with Crippen LogP contribution >= 0.6 is 0 Å². The molecule has 1 amide bonds. The minimum absolute atomic E-state index is 0.112. The van der Waals surface area contributed by atoms with Crippen LogP contribution < -0.4 is 25.8 Å². The minimum atomic E-state index is -2.72. The molecule has 0 saturated carbocycles. The summed E-state index contributed by atoms with van der Waals surface area (Å²) >= 11 is 0. The van der Waals surface area contributed by atoms with Crippen LogP contribution in [0.15, 0.2) is 36.7 Å². The molecule has 2 aliphatic heterocycles. The zero-order valence-corrected chi connectivity index (χ0v) is 22.2. The smallest absolute Gasteiger partial charge is 0.273 e. The predicted octanol–water partition coefficient (Wildman–Crippen LogP) is 2.26. The third kappa shape index (κ3) is 4.62. The Morgan fingerprint density at radius 1 is 1.07 bits per heavy atom. The fourth-order valence-corrected chi connectivity index (χ4v) is 4.87. The first-order chi connectivity index (χ1) is 20.6. The normalized spacial score (nSPS) is 17.7. The molecule has 4 aromatic rings. The Morgan fingerprint density at radius 3 is 2.70 bits per heavy atom. The van der Waals surface area contributed by atoms with Crippen LogP contribution in [-0.2, 0) is 11.8 Å². The fourth-order valence-electron chi connectivity index (χ4n) is 4.87. The number of fused-ring (bicyclic) bond motifs is 3. The van der Waals surface area contributed by atoms with Crippen LogP contribution in [0.1, 0.15) is 33.3 Å². The average molecular weight is 546 g/mol. The van der Waals surface area contributed by atoms with Gasteiger partial charge in [-0.25, -0.2) is 9.97 Å². The molecule has 0 bridgehead atoms. The molecule has 1 atom stereocenters. The highest BCUT2D eigenvalue weighted by atomic mass is 16.5. The molecule has 1 fully saturated rings. The molecule has 1 saturated heterocycles. The van der Waals surface area contributed by atoms with Crippen LogP contribution in [0.4, 0.5) is 34.5 Å². The van der Waals surface area contributed by atoms with E-state index in [0.29, 0.717) is 24.8 Å². The van der Waals surface area contributed by atoms with Crippen molar-refractivity contribution in [3.05, 3.63) is 48.0 Å². The van der Waals surface area contributed by atoms with E-state index in [4.69, 9.17) is 8.85 Å². The topological polar surface area (TPSA) is 151 Å². The Kier molecular flexibility index (Phi) is 5.71. The molecule has 206 valence electrons. The molecule has 2 aliphatic rings. The minimum Gasteiger partial charge on any atom is -0.378 e. The van der Waals surface area contributed by atoms with E-state index in [1.165, 1.54) is 4.80 Å². The van der Waals surface area contributed by atoms with E-state index in [9.17, 15) is 4.79 Å². The van der Waals surface area contributed by atoms with Gasteiger partial charge < -0.3 is 30.5 Å². The van der Waals surface area contributed by atoms with E-state index < -0.39 is 12.9 Å². The highest BCUT2D eigenvalue weighted by Gasteiger charge is 2.33. The second-order valence-corrected chi connectivity index (χ2v) is 9.46. The van der Waals surface area contributed by atoms with Crippen molar-refractivity contribution in [1.82, 2.24) is 40.5 Å². The lowest BCUT2D eigenvalue weighted by Crippen LogP contribution is -2.36. The molecular weight excluding hydrogens is 512 g/mol.